The fraction of sp³-hybridized carbons (Fsp3) is 0.643. The van der Waals surface area contributed by atoms with Crippen LogP contribution in [-0.4, -0.2) is 29.3 Å². The number of nitrogens with one attached hydrogen (secondary N) is 1. The van der Waals surface area contributed by atoms with E-state index >= 15 is 0 Å². The molecule has 1 saturated heterocycles. The van der Waals surface area contributed by atoms with Gasteiger partial charge in [-0.3, -0.25) is 0 Å². The van der Waals surface area contributed by atoms with Gasteiger partial charge in [0, 0.05) is 6.07 Å². The third kappa shape index (κ3) is 4.31. The van der Waals surface area contributed by atoms with Crippen LogP contribution in [0.15, 0.2) is 12.1 Å². The fourth-order valence-corrected chi connectivity index (χ4v) is 2.15. The van der Waals surface area contributed by atoms with E-state index in [0.29, 0.717) is 0 Å². The summed E-state index contributed by atoms with van der Waals surface area (Å²) in [7, 11) is 0. The molecule has 1 aliphatic rings. The molecule has 0 bridgehead atoms. The number of aliphatic hydroxyl groups is 1. The van der Waals surface area contributed by atoms with Gasteiger partial charge in [-0.1, -0.05) is 0 Å². The quantitative estimate of drug-likeness (QED) is 0.901. The van der Waals surface area contributed by atoms with Crippen molar-refractivity contribution in [1.29, 1.82) is 0 Å². The summed E-state index contributed by atoms with van der Waals surface area (Å²) in [6.45, 7) is 4.39. The highest BCUT2D eigenvalue weighted by Gasteiger charge is 2.35. The Morgan fingerprint density at radius 3 is 2.38 bits per heavy atom. The van der Waals surface area contributed by atoms with E-state index in [1.807, 2.05) is 0 Å². The number of nitrogens with zero attached hydrogens (tertiary/aromatic N) is 1. The zero-order chi connectivity index (χ0) is 15.7. The number of ether oxygens (including phenoxy) is 1. The molecule has 0 amide bonds. The molecule has 7 heteroatoms. The lowest BCUT2D eigenvalue weighted by atomic mass is 9.98. The average Bonchev–Trinajstić information content (AvgIpc) is 2.37. The first-order chi connectivity index (χ1) is 9.66. The van der Waals surface area contributed by atoms with Gasteiger partial charge in [-0.2, -0.15) is 13.2 Å². The minimum atomic E-state index is -4.58. The zero-order valence-electron chi connectivity index (χ0n) is 12.0. The first-order valence-electron chi connectivity index (χ1n) is 6.86. The number of hydrogen-bond acceptors (Lipinski definition) is 4. The van der Waals surface area contributed by atoms with E-state index in [4.69, 9.17) is 4.74 Å². The number of piperidine rings is 1. The number of alkyl halides is 3. The van der Waals surface area contributed by atoms with Gasteiger partial charge in [0.25, 0.3) is 0 Å². The second kappa shape index (κ2) is 5.81. The summed E-state index contributed by atoms with van der Waals surface area (Å²) in [5.41, 5.74) is -2.31. The van der Waals surface area contributed by atoms with E-state index in [1.165, 1.54) is 19.9 Å². The molecular weight excluding hydrogens is 285 g/mol. The van der Waals surface area contributed by atoms with Gasteiger partial charge in [-0.05, 0) is 51.4 Å². The highest BCUT2D eigenvalue weighted by atomic mass is 19.4. The molecule has 1 aliphatic heterocycles. The molecule has 118 valence electrons. The Balaban J connectivity index is 2.31. The summed E-state index contributed by atoms with van der Waals surface area (Å²) in [6.07, 6.45) is -3.30. The molecule has 21 heavy (non-hydrogen) atoms. The van der Waals surface area contributed by atoms with Crippen LogP contribution in [0, 0.1) is 0 Å². The number of aromatic nitrogens is 1. The van der Waals surface area contributed by atoms with Crippen LogP contribution in [0.25, 0.3) is 0 Å². The van der Waals surface area contributed by atoms with Crippen molar-refractivity contribution in [2.45, 2.75) is 44.6 Å². The summed E-state index contributed by atoms with van der Waals surface area (Å²) in [5.74, 6) is -0.0890. The Morgan fingerprint density at radius 2 is 1.86 bits per heavy atom. The summed E-state index contributed by atoms with van der Waals surface area (Å²) in [5, 5.41) is 13.1. The second-order valence-electron chi connectivity index (χ2n) is 5.70. The normalized spacial score (nSPS) is 17.8. The Morgan fingerprint density at radius 1 is 1.24 bits per heavy atom. The number of rotatable bonds is 3. The Bertz CT molecular complexity index is 460. The molecule has 0 unspecified atom stereocenters. The fourth-order valence-electron chi connectivity index (χ4n) is 2.15. The van der Waals surface area contributed by atoms with Crippen LogP contribution < -0.4 is 10.1 Å². The third-order valence-corrected chi connectivity index (χ3v) is 3.37. The molecule has 0 aliphatic carbocycles. The summed E-state index contributed by atoms with van der Waals surface area (Å²) < 4.78 is 44.3. The number of halogens is 3. The molecule has 0 atom stereocenters. The van der Waals surface area contributed by atoms with Gasteiger partial charge in [0.1, 0.15) is 11.8 Å². The van der Waals surface area contributed by atoms with Gasteiger partial charge >= 0.3 is 6.18 Å². The van der Waals surface area contributed by atoms with Gasteiger partial charge in [0.2, 0.25) is 5.88 Å². The van der Waals surface area contributed by atoms with Crippen molar-refractivity contribution >= 4 is 0 Å². The standard InChI is InChI=1S/C14H19F3N2O2/c1-13(2,20)9-7-11(14(15,16)17)19-12(8-9)21-10-3-5-18-6-4-10/h7-8,10,18,20H,3-6H2,1-2H3. The monoisotopic (exact) mass is 304 g/mol. The van der Waals surface area contributed by atoms with Crippen LogP contribution in [0.3, 0.4) is 0 Å². The second-order valence-corrected chi connectivity index (χ2v) is 5.70. The molecule has 1 fully saturated rings. The molecule has 0 aromatic carbocycles. The van der Waals surface area contributed by atoms with E-state index < -0.39 is 17.5 Å². The summed E-state index contributed by atoms with van der Waals surface area (Å²) in [4.78, 5) is 3.53. The van der Waals surface area contributed by atoms with E-state index in [9.17, 15) is 18.3 Å². The van der Waals surface area contributed by atoms with Crippen molar-refractivity contribution in [3.8, 4) is 5.88 Å². The minimum Gasteiger partial charge on any atom is -0.474 e. The molecule has 0 radical (unpaired) electrons. The van der Waals surface area contributed by atoms with Crippen LogP contribution in [0.4, 0.5) is 13.2 Å². The van der Waals surface area contributed by atoms with Crippen LogP contribution >= 0.6 is 0 Å². The lowest BCUT2D eigenvalue weighted by Crippen LogP contribution is -2.34. The van der Waals surface area contributed by atoms with Crippen molar-refractivity contribution in [2.75, 3.05) is 13.1 Å². The third-order valence-electron chi connectivity index (χ3n) is 3.37. The van der Waals surface area contributed by atoms with Crippen LogP contribution in [-0.2, 0) is 11.8 Å². The molecule has 1 aromatic rings. The van der Waals surface area contributed by atoms with Crippen LogP contribution in [0.5, 0.6) is 5.88 Å². The van der Waals surface area contributed by atoms with Gasteiger partial charge in [-0.15, -0.1) is 0 Å². The molecular formula is C14H19F3N2O2. The minimum absolute atomic E-state index is 0.0890. The largest absolute Gasteiger partial charge is 0.474 e. The predicted octanol–water partition coefficient (Wildman–Crippen LogP) is 2.46. The van der Waals surface area contributed by atoms with Crippen molar-refractivity contribution in [3.05, 3.63) is 23.4 Å². The van der Waals surface area contributed by atoms with Crippen molar-refractivity contribution in [1.82, 2.24) is 10.3 Å². The Hall–Kier alpha value is -1.34. The number of hydrogen-bond donors (Lipinski definition) is 2. The van der Waals surface area contributed by atoms with Crippen molar-refractivity contribution < 1.29 is 23.0 Å². The maximum absolute atomic E-state index is 12.9. The first-order valence-corrected chi connectivity index (χ1v) is 6.86. The Kier molecular flexibility index (Phi) is 4.43. The highest BCUT2D eigenvalue weighted by molar-refractivity contribution is 5.30. The SMILES string of the molecule is CC(C)(O)c1cc(OC2CCNCC2)nc(C(F)(F)F)c1. The summed E-state index contributed by atoms with van der Waals surface area (Å²) >= 11 is 0. The Labute approximate surface area is 121 Å². The van der Waals surface area contributed by atoms with Crippen molar-refractivity contribution in [3.63, 3.8) is 0 Å². The molecule has 2 heterocycles. The number of pyridine rings is 1. The topological polar surface area (TPSA) is 54.4 Å². The van der Waals surface area contributed by atoms with Gasteiger partial charge in [-0.25, -0.2) is 4.98 Å². The average molecular weight is 304 g/mol. The maximum Gasteiger partial charge on any atom is 0.433 e. The molecule has 4 nitrogen and oxygen atoms in total. The molecule has 2 rings (SSSR count). The first kappa shape index (κ1) is 16.0. The van der Waals surface area contributed by atoms with Gasteiger partial charge < -0.3 is 15.2 Å². The molecule has 0 saturated carbocycles. The van der Waals surface area contributed by atoms with E-state index in [-0.39, 0.29) is 17.5 Å². The zero-order valence-corrected chi connectivity index (χ0v) is 12.0. The molecule has 2 N–H and O–H groups in total. The summed E-state index contributed by atoms with van der Waals surface area (Å²) in [6, 6.07) is 2.23. The van der Waals surface area contributed by atoms with Crippen LogP contribution in [0.1, 0.15) is 37.9 Å². The lowest BCUT2D eigenvalue weighted by molar-refractivity contribution is -0.141. The molecule has 1 aromatic heterocycles. The smallest absolute Gasteiger partial charge is 0.433 e. The predicted molar refractivity (Wildman–Crippen MR) is 71.0 cm³/mol. The van der Waals surface area contributed by atoms with Gasteiger partial charge in [0.05, 0.1) is 5.60 Å². The lowest BCUT2D eigenvalue weighted by Gasteiger charge is -2.25. The highest BCUT2D eigenvalue weighted by Crippen LogP contribution is 2.33. The van der Waals surface area contributed by atoms with E-state index in [0.717, 1.165) is 32.0 Å². The molecule has 0 spiro atoms. The van der Waals surface area contributed by atoms with Gasteiger partial charge in [0.15, 0.2) is 0 Å². The van der Waals surface area contributed by atoms with E-state index in [1.54, 1.807) is 0 Å². The van der Waals surface area contributed by atoms with E-state index in [2.05, 4.69) is 10.3 Å². The van der Waals surface area contributed by atoms with Crippen molar-refractivity contribution in [2.24, 2.45) is 0 Å². The maximum atomic E-state index is 12.9. The van der Waals surface area contributed by atoms with Crippen LogP contribution in [0.2, 0.25) is 0 Å².